The normalized spacial score (nSPS) is 17.0. The fraction of sp³-hybridized carbons (Fsp3) is 0.390. The largest absolute Gasteiger partial charge is 0.497 e. The Hall–Kier alpha value is -4.03. The van der Waals surface area contributed by atoms with E-state index in [0.717, 1.165) is 72.1 Å². The average Bonchev–Trinajstić information content (AvgIpc) is 3.40. The average molecular weight is 781 g/mol. The van der Waals surface area contributed by atoms with Gasteiger partial charge < -0.3 is 9.47 Å². The van der Waals surface area contributed by atoms with Gasteiger partial charge in [0.2, 0.25) is 9.84 Å². The molecule has 7 rings (SSSR count). The molecular formula is C41H45ClO9S2. The second kappa shape index (κ2) is 18.8. The maximum atomic E-state index is 12.7. The Labute approximate surface area is 319 Å². The number of ether oxygens (including phenoxy) is 2. The number of benzene rings is 3. The molecule has 2 saturated carbocycles. The Balaban J connectivity index is 0.000000162. The zero-order chi connectivity index (χ0) is 38.0. The van der Waals surface area contributed by atoms with Crippen molar-refractivity contribution in [3.63, 3.8) is 0 Å². The molecule has 12 heteroatoms. The van der Waals surface area contributed by atoms with Crippen molar-refractivity contribution < 1.29 is 42.4 Å². The highest BCUT2D eigenvalue weighted by atomic mass is 35.5. The van der Waals surface area contributed by atoms with Crippen LogP contribution in [-0.4, -0.2) is 45.4 Å². The van der Waals surface area contributed by atoms with Crippen molar-refractivity contribution in [1.82, 2.24) is 0 Å². The third-order valence-electron chi connectivity index (χ3n) is 9.89. The van der Waals surface area contributed by atoms with Gasteiger partial charge in [-0.3, -0.25) is 14.5 Å². The first kappa shape index (κ1) is 40.2. The van der Waals surface area contributed by atoms with E-state index in [0.29, 0.717) is 22.1 Å². The first-order valence-corrected chi connectivity index (χ1v) is 20.7. The lowest BCUT2D eigenvalue weighted by atomic mass is 9.94. The van der Waals surface area contributed by atoms with Crippen LogP contribution in [0.5, 0.6) is 11.5 Å². The molecule has 1 aliphatic heterocycles. The summed E-state index contributed by atoms with van der Waals surface area (Å²) in [7, 11) is -0.541. The summed E-state index contributed by atoms with van der Waals surface area (Å²) in [6.07, 6.45) is 14.5. The van der Waals surface area contributed by atoms with E-state index in [9.17, 15) is 22.8 Å². The van der Waals surface area contributed by atoms with E-state index in [4.69, 9.17) is 26.3 Å². The number of hydrogen-bond donors (Lipinski definition) is 1. The van der Waals surface area contributed by atoms with Gasteiger partial charge in [0.1, 0.15) is 16.4 Å². The first-order valence-electron chi connectivity index (χ1n) is 18.0. The first-order chi connectivity index (χ1) is 25.5. The second-order valence-corrected chi connectivity index (χ2v) is 16.8. The van der Waals surface area contributed by atoms with Gasteiger partial charge in [0, 0.05) is 21.6 Å². The van der Waals surface area contributed by atoms with Gasteiger partial charge in [0.05, 0.1) is 29.6 Å². The molecule has 4 aromatic rings. The summed E-state index contributed by atoms with van der Waals surface area (Å²) in [4.78, 5) is 40.6. The summed E-state index contributed by atoms with van der Waals surface area (Å²) in [6, 6.07) is 19.1. The molecule has 1 N–H and O–H groups in total. The number of methoxy groups -OCH3 is 2. The van der Waals surface area contributed by atoms with Crippen LogP contribution in [0.15, 0.2) is 76.5 Å². The van der Waals surface area contributed by atoms with E-state index in [2.05, 4.69) is 4.89 Å². The minimum absolute atomic E-state index is 0.0392. The minimum Gasteiger partial charge on any atom is -0.497 e. The van der Waals surface area contributed by atoms with E-state index < -0.39 is 15.8 Å². The molecule has 0 bridgehead atoms. The predicted molar refractivity (Wildman–Crippen MR) is 208 cm³/mol. The number of fused-ring (bicyclic) bond motifs is 2. The number of Topliss-reactive ketones (excluding diaryl/α,β-unsaturated/α-hetero) is 2. The van der Waals surface area contributed by atoms with Crippen molar-refractivity contribution in [2.45, 2.75) is 81.9 Å². The van der Waals surface area contributed by atoms with Crippen LogP contribution in [0.2, 0.25) is 5.02 Å². The lowest BCUT2D eigenvalue weighted by Gasteiger charge is -2.13. The number of rotatable bonds is 7. The van der Waals surface area contributed by atoms with Gasteiger partial charge in [0.15, 0.2) is 11.6 Å². The second-order valence-electron chi connectivity index (χ2n) is 13.4. The lowest BCUT2D eigenvalue weighted by Crippen LogP contribution is -2.19. The fourth-order valence-corrected chi connectivity index (χ4v) is 9.91. The third-order valence-corrected chi connectivity index (χ3v) is 13.1. The highest BCUT2D eigenvalue weighted by Crippen LogP contribution is 2.39. The smallest absolute Gasteiger partial charge is 0.372 e. The van der Waals surface area contributed by atoms with Crippen LogP contribution < -0.4 is 9.47 Å². The standard InChI is InChI=1S/C17H20O4S.C17H20O2S.C7H5ClO3/c1-21-14-9-8-13-10-16(22(19,20)15(13)11-14)17(18)12-6-4-2-3-5-7-12;1-19-14-9-8-13-10-16(20-15(13)11-14)17(18)12-6-4-2-3-5-7-12;8-6-3-1-2-5(4-6)7(9)11-10/h8-12H,2-7H2,1H3;8-12H,2-7H2,1H3;1-4,10H. The number of carbonyl (C=O) groups excluding carboxylic acids is 3. The molecule has 0 saturated heterocycles. The van der Waals surface area contributed by atoms with Crippen LogP contribution in [0.4, 0.5) is 0 Å². The molecule has 0 amide bonds. The summed E-state index contributed by atoms with van der Waals surface area (Å²) in [5.74, 6) is 0.760. The Morgan fingerprint density at radius 1 is 0.736 bits per heavy atom. The van der Waals surface area contributed by atoms with E-state index in [-0.39, 0.29) is 33.0 Å². The van der Waals surface area contributed by atoms with Crippen molar-refractivity contribution in [2.75, 3.05) is 14.2 Å². The molecule has 9 nitrogen and oxygen atoms in total. The maximum Gasteiger partial charge on any atom is 0.372 e. The number of halogens is 1. The number of sulfone groups is 1. The van der Waals surface area contributed by atoms with Gasteiger partial charge in [-0.15, -0.1) is 11.3 Å². The van der Waals surface area contributed by atoms with Crippen LogP contribution in [-0.2, 0) is 19.5 Å². The number of ketones is 2. The number of allylic oxidation sites excluding steroid dienone is 1. The van der Waals surface area contributed by atoms with Crippen LogP contribution in [0.25, 0.3) is 16.2 Å². The zero-order valence-corrected chi connectivity index (χ0v) is 32.4. The minimum atomic E-state index is -3.71. The maximum absolute atomic E-state index is 12.7. The number of carbonyl (C=O) groups is 3. The van der Waals surface area contributed by atoms with Gasteiger partial charge in [0.25, 0.3) is 0 Å². The molecular weight excluding hydrogens is 736 g/mol. The summed E-state index contributed by atoms with van der Waals surface area (Å²) >= 11 is 7.16. The molecule has 2 aliphatic carbocycles. The Kier molecular flexibility index (Phi) is 14.3. The molecule has 0 unspecified atom stereocenters. The van der Waals surface area contributed by atoms with Crippen LogP contribution in [0.1, 0.15) is 103 Å². The van der Waals surface area contributed by atoms with Gasteiger partial charge >= 0.3 is 5.97 Å². The summed E-state index contributed by atoms with van der Waals surface area (Å²) in [5, 5.41) is 9.56. The van der Waals surface area contributed by atoms with Gasteiger partial charge in [-0.05, 0) is 103 Å². The van der Waals surface area contributed by atoms with Crippen LogP contribution in [0, 0.1) is 11.8 Å². The highest BCUT2D eigenvalue weighted by Gasteiger charge is 2.37. The quantitative estimate of drug-likeness (QED) is 0.0842. The number of hydrogen-bond acceptors (Lipinski definition) is 10. The lowest BCUT2D eigenvalue weighted by molar-refractivity contribution is -0.182. The summed E-state index contributed by atoms with van der Waals surface area (Å²) in [5.41, 5.74) is 0.803. The topological polar surface area (TPSA) is 133 Å². The van der Waals surface area contributed by atoms with Crippen molar-refractivity contribution in [1.29, 1.82) is 0 Å². The van der Waals surface area contributed by atoms with Crippen LogP contribution >= 0.6 is 22.9 Å². The Morgan fingerprint density at radius 3 is 1.91 bits per heavy atom. The molecule has 3 aliphatic rings. The molecule has 53 heavy (non-hydrogen) atoms. The number of thiophene rings is 1. The van der Waals surface area contributed by atoms with Crippen LogP contribution in [0.3, 0.4) is 0 Å². The molecule has 3 aromatic carbocycles. The van der Waals surface area contributed by atoms with E-state index >= 15 is 0 Å². The van der Waals surface area contributed by atoms with Gasteiger partial charge in [-0.1, -0.05) is 69.0 Å². The molecule has 0 atom stereocenters. The Bertz CT molecular complexity index is 2050. The summed E-state index contributed by atoms with van der Waals surface area (Å²) < 4.78 is 36.8. The van der Waals surface area contributed by atoms with E-state index in [1.54, 1.807) is 42.7 Å². The van der Waals surface area contributed by atoms with Crippen molar-refractivity contribution in [3.8, 4) is 11.5 Å². The molecule has 282 valence electrons. The SMILES string of the molecule is COc1ccc2c(c1)S(=O)(=O)C(C(=O)C1CCCCCC1)=C2.COc1ccc2cc(C(=O)C3CCCCCC3)sc2c1.O=C(OO)c1cccc(Cl)c1. The Morgan fingerprint density at radius 2 is 1.32 bits per heavy atom. The fourth-order valence-electron chi connectivity index (χ4n) is 6.95. The van der Waals surface area contributed by atoms with Crippen molar-refractivity contribution in [3.05, 3.63) is 92.7 Å². The highest BCUT2D eigenvalue weighted by molar-refractivity contribution is 7.96. The van der Waals surface area contributed by atoms with Crippen molar-refractivity contribution >= 4 is 66.5 Å². The molecule has 0 spiro atoms. The molecule has 2 heterocycles. The third kappa shape index (κ3) is 10.1. The van der Waals surface area contributed by atoms with E-state index in [1.807, 2.05) is 24.3 Å². The zero-order valence-electron chi connectivity index (χ0n) is 30.0. The molecule has 2 fully saturated rings. The van der Waals surface area contributed by atoms with E-state index in [1.165, 1.54) is 57.1 Å². The molecule has 1 aromatic heterocycles. The predicted octanol–water partition coefficient (Wildman–Crippen LogP) is 10.4. The van der Waals surface area contributed by atoms with Crippen molar-refractivity contribution in [2.24, 2.45) is 11.8 Å². The van der Waals surface area contributed by atoms with Gasteiger partial charge in [-0.2, -0.15) is 5.26 Å². The molecule has 0 radical (unpaired) electrons. The summed E-state index contributed by atoms with van der Waals surface area (Å²) in [6.45, 7) is 0. The monoisotopic (exact) mass is 780 g/mol. The van der Waals surface area contributed by atoms with Gasteiger partial charge in [-0.25, -0.2) is 13.2 Å².